The Morgan fingerprint density at radius 2 is 2.27 bits per heavy atom. The lowest BCUT2D eigenvalue weighted by Gasteiger charge is -2.12. The van der Waals surface area contributed by atoms with E-state index in [1.165, 1.54) is 11.1 Å². The molecule has 0 saturated carbocycles. The van der Waals surface area contributed by atoms with E-state index in [0.717, 1.165) is 23.7 Å². The van der Waals surface area contributed by atoms with Gasteiger partial charge in [-0.2, -0.15) is 0 Å². The van der Waals surface area contributed by atoms with E-state index in [2.05, 4.69) is 47.6 Å². The summed E-state index contributed by atoms with van der Waals surface area (Å²) in [6, 6.07) is 6.47. The van der Waals surface area contributed by atoms with Crippen LogP contribution >= 0.6 is 15.9 Å². The summed E-state index contributed by atoms with van der Waals surface area (Å²) >= 11 is 3.49. The van der Waals surface area contributed by atoms with Crippen molar-refractivity contribution in [3.8, 4) is 0 Å². The summed E-state index contributed by atoms with van der Waals surface area (Å²) in [5.74, 6) is 0. The highest BCUT2D eigenvalue weighted by atomic mass is 79.9. The summed E-state index contributed by atoms with van der Waals surface area (Å²) < 4.78 is 1.14. The summed E-state index contributed by atoms with van der Waals surface area (Å²) in [7, 11) is 0. The third-order valence-electron chi connectivity index (χ3n) is 2.53. The molecule has 0 saturated heterocycles. The van der Waals surface area contributed by atoms with Crippen LogP contribution in [0.25, 0.3) is 0 Å². The molecular weight excluding hydrogens is 250 g/mol. The van der Waals surface area contributed by atoms with Gasteiger partial charge in [-0.15, -0.1) is 6.58 Å². The first-order valence-electron chi connectivity index (χ1n) is 5.27. The van der Waals surface area contributed by atoms with Gasteiger partial charge in [0.25, 0.3) is 0 Å². The monoisotopic (exact) mass is 267 g/mol. The molecule has 1 aromatic carbocycles. The Bertz CT molecular complexity index is 333. The summed E-state index contributed by atoms with van der Waals surface area (Å²) in [6.07, 6.45) is 5.12. The molecule has 15 heavy (non-hydrogen) atoms. The molecule has 0 amide bonds. The Kier molecular flexibility index (Phi) is 5.06. The molecule has 0 radical (unpaired) electrons. The zero-order valence-electron chi connectivity index (χ0n) is 9.17. The summed E-state index contributed by atoms with van der Waals surface area (Å²) in [4.78, 5) is 0. The van der Waals surface area contributed by atoms with Gasteiger partial charge in [-0.3, -0.25) is 0 Å². The maximum atomic E-state index is 6.11. The predicted molar refractivity (Wildman–Crippen MR) is 69.9 cm³/mol. The van der Waals surface area contributed by atoms with Gasteiger partial charge in [-0.25, -0.2) is 0 Å². The van der Waals surface area contributed by atoms with Crippen molar-refractivity contribution in [1.29, 1.82) is 0 Å². The Hall–Kier alpha value is -0.600. The van der Waals surface area contributed by atoms with Gasteiger partial charge in [0, 0.05) is 10.5 Å². The van der Waals surface area contributed by atoms with Crippen molar-refractivity contribution in [2.45, 2.75) is 32.2 Å². The largest absolute Gasteiger partial charge is 0.324 e. The van der Waals surface area contributed by atoms with Crippen molar-refractivity contribution < 1.29 is 0 Å². The van der Waals surface area contributed by atoms with E-state index in [9.17, 15) is 0 Å². The van der Waals surface area contributed by atoms with Gasteiger partial charge in [-0.1, -0.05) is 34.1 Å². The van der Waals surface area contributed by atoms with Crippen LogP contribution in [0.2, 0.25) is 0 Å². The number of nitrogens with two attached hydrogens (primary N) is 1. The molecule has 0 bridgehead atoms. The third kappa shape index (κ3) is 3.80. The molecule has 1 nitrogen and oxygen atoms in total. The number of rotatable bonds is 5. The van der Waals surface area contributed by atoms with Crippen LogP contribution in [0, 0.1) is 6.92 Å². The molecule has 0 aliphatic carbocycles. The summed E-state index contributed by atoms with van der Waals surface area (Å²) in [5.41, 5.74) is 8.57. The molecule has 1 atom stereocenters. The van der Waals surface area contributed by atoms with Crippen molar-refractivity contribution in [3.05, 3.63) is 46.5 Å². The Labute approximate surface area is 101 Å². The highest BCUT2D eigenvalue weighted by Crippen LogP contribution is 2.22. The molecule has 2 N–H and O–H groups in total. The van der Waals surface area contributed by atoms with Crippen molar-refractivity contribution in [3.63, 3.8) is 0 Å². The van der Waals surface area contributed by atoms with E-state index in [1.807, 2.05) is 6.08 Å². The van der Waals surface area contributed by atoms with Crippen LogP contribution in [0.3, 0.4) is 0 Å². The van der Waals surface area contributed by atoms with Crippen LogP contribution in [0.1, 0.15) is 36.4 Å². The van der Waals surface area contributed by atoms with Gasteiger partial charge in [0.2, 0.25) is 0 Å². The number of hydrogen-bond donors (Lipinski definition) is 1. The van der Waals surface area contributed by atoms with Gasteiger partial charge < -0.3 is 5.73 Å². The third-order valence-corrected chi connectivity index (χ3v) is 3.42. The molecule has 0 heterocycles. The molecule has 0 aromatic heterocycles. The molecule has 1 unspecified atom stereocenters. The summed E-state index contributed by atoms with van der Waals surface area (Å²) in [6.45, 7) is 5.80. The maximum absolute atomic E-state index is 6.11. The first kappa shape index (κ1) is 12.5. The lowest BCUT2D eigenvalue weighted by Crippen LogP contribution is -2.10. The van der Waals surface area contributed by atoms with Crippen LogP contribution in [0.4, 0.5) is 0 Å². The Morgan fingerprint density at radius 1 is 1.53 bits per heavy atom. The van der Waals surface area contributed by atoms with Crippen molar-refractivity contribution in [2.75, 3.05) is 0 Å². The minimum Gasteiger partial charge on any atom is -0.324 e. The van der Waals surface area contributed by atoms with Gasteiger partial charge in [-0.05, 0) is 43.4 Å². The normalized spacial score (nSPS) is 12.5. The lowest BCUT2D eigenvalue weighted by atomic mass is 10.0. The average Bonchev–Trinajstić information content (AvgIpc) is 2.22. The van der Waals surface area contributed by atoms with Crippen LogP contribution in [0.15, 0.2) is 35.3 Å². The molecule has 2 heteroatoms. The topological polar surface area (TPSA) is 26.0 Å². The predicted octanol–water partition coefficient (Wildman–Crippen LogP) is 4.11. The van der Waals surface area contributed by atoms with E-state index in [4.69, 9.17) is 5.73 Å². The van der Waals surface area contributed by atoms with Crippen LogP contribution in [-0.4, -0.2) is 0 Å². The van der Waals surface area contributed by atoms with Crippen LogP contribution < -0.4 is 5.73 Å². The zero-order chi connectivity index (χ0) is 11.3. The molecule has 0 fully saturated rings. The highest BCUT2D eigenvalue weighted by Gasteiger charge is 2.06. The van der Waals surface area contributed by atoms with E-state index in [0.29, 0.717) is 0 Å². The fourth-order valence-electron chi connectivity index (χ4n) is 1.55. The lowest BCUT2D eigenvalue weighted by molar-refractivity contribution is 0.617. The first-order chi connectivity index (χ1) is 7.15. The standard InChI is InChI=1S/C13H18BrN/c1-3-4-5-6-13(15)11-7-8-12(14)10(2)9-11/h3,7-9,13H,1,4-6,15H2,2H3. The van der Waals surface area contributed by atoms with Gasteiger partial charge >= 0.3 is 0 Å². The fraction of sp³-hybridized carbons (Fsp3) is 0.385. The molecular formula is C13H18BrN. The fourth-order valence-corrected chi connectivity index (χ4v) is 1.79. The van der Waals surface area contributed by atoms with E-state index < -0.39 is 0 Å². The Balaban J connectivity index is 2.61. The molecule has 82 valence electrons. The first-order valence-corrected chi connectivity index (χ1v) is 6.07. The second-order valence-corrected chi connectivity index (χ2v) is 4.69. The smallest absolute Gasteiger partial charge is 0.0295 e. The average molecular weight is 268 g/mol. The number of aryl methyl sites for hydroxylation is 1. The second kappa shape index (κ2) is 6.09. The van der Waals surface area contributed by atoms with Crippen LogP contribution in [-0.2, 0) is 0 Å². The van der Waals surface area contributed by atoms with Crippen molar-refractivity contribution in [2.24, 2.45) is 5.73 Å². The number of hydrogen-bond acceptors (Lipinski definition) is 1. The Morgan fingerprint density at radius 3 is 2.87 bits per heavy atom. The molecule has 1 aromatic rings. The molecule has 0 aliphatic heterocycles. The van der Waals surface area contributed by atoms with E-state index in [1.54, 1.807) is 0 Å². The number of unbranched alkanes of at least 4 members (excludes halogenated alkanes) is 1. The maximum Gasteiger partial charge on any atom is 0.0295 e. The van der Waals surface area contributed by atoms with E-state index >= 15 is 0 Å². The zero-order valence-corrected chi connectivity index (χ0v) is 10.8. The molecule has 0 aliphatic rings. The second-order valence-electron chi connectivity index (χ2n) is 3.83. The molecule has 0 spiro atoms. The van der Waals surface area contributed by atoms with E-state index in [-0.39, 0.29) is 6.04 Å². The van der Waals surface area contributed by atoms with Crippen LogP contribution in [0.5, 0.6) is 0 Å². The quantitative estimate of drug-likeness (QED) is 0.631. The van der Waals surface area contributed by atoms with Crippen molar-refractivity contribution >= 4 is 15.9 Å². The van der Waals surface area contributed by atoms with Gasteiger partial charge in [0.1, 0.15) is 0 Å². The summed E-state index contributed by atoms with van der Waals surface area (Å²) in [5, 5.41) is 0. The molecule has 1 rings (SSSR count). The van der Waals surface area contributed by atoms with Gasteiger partial charge in [0.05, 0.1) is 0 Å². The number of allylic oxidation sites excluding steroid dienone is 1. The number of benzene rings is 1. The van der Waals surface area contributed by atoms with Gasteiger partial charge in [0.15, 0.2) is 0 Å². The SMILES string of the molecule is C=CCCCC(N)c1ccc(Br)c(C)c1. The highest BCUT2D eigenvalue weighted by molar-refractivity contribution is 9.10. The number of halogens is 1. The minimum atomic E-state index is 0.150. The minimum absolute atomic E-state index is 0.150. The van der Waals surface area contributed by atoms with Crippen molar-refractivity contribution in [1.82, 2.24) is 0 Å².